The molecule has 0 aliphatic carbocycles. The molecule has 128 valence electrons. The average molecular weight is 359 g/mol. The van der Waals surface area contributed by atoms with E-state index in [4.69, 9.17) is 5.73 Å². The van der Waals surface area contributed by atoms with Crippen molar-refractivity contribution in [2.75, 3.05) is 5.73 Å². The number of nitrogens with zero attached hydrogens (tertiary/aromatic N) is 2. The molecular weight excluding hydrogens is 342 g/mol. The molecule has 0 aliphatic rings. The van der Waals surface area contributed by atoms with E-state index in [1.165, 1.54) is 0 Å². The fourth-order valence-corrected chi connectivity index (χ4v) is 4.21. The van der Waals surface area contributed by atoms with E-state index in [1.54, 1.807) is 23.5 Å². The number of rotatable bonds is 3. The minimum atomic E-state index is -0.116. The number of thiophene rings is 1. The van der Waals surface area contributed by atoms with E-state index in [9.17, 15) is 10.4 Å². The molecule has 0 saturated carbocycles. The van der Waals surface area contributed by atoms with Gasteiger partial charge in [-0.05, 0) is 41.1 Å². The number of pyridine rings is 1. The summed E-state index contributed by atoms with van der Waals surface area (Å²) in [5, 5.41) is 23.7. The van der Waals surface area contributed by atoms with E-state index in [-0.39, 0.29) is 11.7 Å². The zero-order valence-corrected chi connectivity index (χ0v) is 15.0. The standard InChI is InChI=1S/C21H17N3OS/c1-2-12(11-22)13-3-5-14(6-4-13)18-17(25)8-7-16-19(18)15-9-10-26-20(15)21(23)24-16/h3-10,12,25H,2H2,1H3,(H2,23,24). The molecule has 4 aromatic rings. The number of fused-ring (bicyclic) bond motifs is 3. The molecule has 1 atom stereocenters. The Morgan fingerprint density at radius 1 is 1.19 bits per heavy atom. The lowest BCUT2D eigenvalue weighted by atomic mass is 9.93. The first-order chi connectivity index (χ1) is 12.6. The number of aromatic nitrogens is 1. The molecule has 0 radical (unpaired) electrons. The zero-order chi connectivity index (χ0) is 18.3. The van der Waals surface area contributed by atoms with Gasteiger partial charge < -0.3 is 10.8 Å². The van der Waals surface area contributed by atoms with E-state index in [0.717, 1.165) is 44.1 Å². The number of nitrogens with two attached hydrogens (primary N) is 1. The largest absolute Gasteiger partial charge is 0.507 e. The van der Waals surface area contributed by atoms with E-state index in [1.807, 2.05) is 42.6 Å². The summed E-state index contributed by atoms with van der Waals surface area (Å²) in [6, 6.07) is 15.6. The maximum atomic E-state index is 10.6. The molecule has 5 heteroatoms. The Balaban J connectivity index is 1.98. The predicted molar refractivity (Wildman–Crippen MR) is 107 cm³/mol. The first-order valence-corrected chi connectivity index (χ1v) is 9.30. The zero-order valence-electron chi connectivity index (χ0n) is 14.2. The van der Waals surface area contributed by atoms with Crippen LogP contribution in [0.25, 0.3) is 32.1 Å². The summed E-state index contributed by atoms with van der Waals surface area (Å²) in [6.07, 6.45) is 0.772. The van der Waals surface area contributed by atoms with Gasteiger partial charge in [0.2, 0.25) is 0 Å². The quantitative estimate of drug-likeness (QED) is 0.511. The fourth-order valence-electron chi connectivity index (χ4n) is 3.41. The number of anilines is 1. The first-order valence-electron chi connectivity index (χ1n) is 8.42. The third-order valence-corrected chi connectivity index (χ3v) is 5.67. The summed E-state index contributed by atoms with van der Waals surface area (Å²) in [7, 11) is 0. The van der Waals surface area contributed by atoms with E-state index in [2.05, 4.69) is 11.1 Å². The lowest BCUT2D eigenvalue weighted by Crippen LogP contribution is -1.95. The molecule has 26 heavy (non-hydrogen) atoms. The lowest BCUT2D eigenvalue weighted by Gasteiger charge is -2.13. The summed E-state index contributed by atoms with van der Waals surface area (Å²) in [5.41, 5.74) is 9.47. The van der Waals surface area contributed by atoms with Crippen molar-refractivity contribution in [3.63, 3.8) is 0 Å². The summed E-state index contributed by atoms with van der Waals surface area (Å²) in [5.74, 6) is 0.598. The van der Waals surface area contributed by atoms with Crippen LogP contribution >= 0.6 is 11.3 Å². The maximum absolute atomic E-state index is 10.6. The second kappa shape index (κ2) is 6.32. The highest BCUT2D eigenvalue weighted by Gasteiger charge is 2.16. The van der Waals surface area contributed by atoms with Gasteiger partial charge in [-0.1, -0.05) is 31.2 Å². The van der Waals surface area contributed by atoms with Crippen LogP contribution in [0.4, 0.5) is 5.82 Å². The molecule has 0 amide bonds. The Morgan fingerprint density at radius 3 is 2.65 bits per heavy atom. The Morgan fingerprint density at radius 2 is 1.96 bits per heavy atom. The Labute approximate surface area is 155 Å². The topological polar surface area (TPSA) is 82.9 Å². The number of phenolic OH excluding ortho intramolecular Hbond substituents is 1. The highest BCUT2D eigenvalue weighted by Crippen LogP contribution is 2.42. The van der Waals surface area contributed by atoms with Crippen LogP contribution in [0.5, 0.6) is 5.75 Å². The predicted octanol–water partition coefficient (Wildman–Crippen LogP) is 5.42. The van der Waals surface area contributed by atoms with E-state index >= 15 is 0 Å². The van der Waals surface area contributed by atoms with Gasteiger partial charge >= 0.3 is 0 Å². The molecular formula is C21H17N3OS. The molecule has 0 aliphatic heterocycles. The van der Waals surface area contributed by atoms with Crippen molar-refractivity contribution in [3.05, 3.63) is 53.4 Å². The number of nitrogen functional groups attached to an aromatic ring is 1. The average Bonchev–Trinajstić information content (AvgIpc) is 3.15. The minimum Gasteiger partial charge on any atom is -0.507 e. The third kappa shape index (κ3) is 2.47. The van der Waals surface area contributed by atoms with Gasteiger partial charge in [-0.25, -0.2) is 4.98 Å². The Kier molecular flexibility index (Phi) is 3.98. The maximum Gasteiger partial charge on any atom is 0.142 e. The van der Waals surface area contributed by atoms with Gasteiger partial charge in [0.25, 0.3) is 0 Å². The molecule has 1 unspecified atom stereocenters. The van der Waals surface area contributed by atoms with Crippen molar-refractivity contribution in [1.82, 2.24) is 4.98 Å². The number of phenols is 1. The van der Waals surface area contributed by atoms with Gasteiger partial charge in [-0.15, -0.1) is 11.3 Å². The van der Waals surface area contributed by atoms with Gasteiger partial charge in [0.15, 0.2) is 0 Å². The van der Waals surface area contributed by atoms with Gasteiger partial charge in [-0.2, -0.15) is 5.26 Å². The molecule has 4 rings (SSSR count). The Bertz CT molecular complexity index is 1160. The van der Waals surface area contributed by atoms with E-state index in [0.29, 0.717) is 5.82 Å². The van der Waals surface area contributed by atoms with Gasteiger partial charge in [0, 0.05) is 16.3 Å². The fraction of sp³-hybridized carbons (Fsp3) is 0.143. The molecule has 0 spiro atoms. The number of aromatic hydroxyl groups is 1. The van der Waals surface area contributed by atoms with Crippen molar-refractivity contribution >= 4 is 38.1 Å². The molecule has 2 heterocycles. The van der Waals surface area contributed by atoms with Crippen LogP contribution in [0, 0.1) is 11.3 Å². The molecule has 4 nitrogen and oxygen atoms in total. The molecule has 0 fully saturated rings. The number of benzene rings is 2. The number of hydrogen-bond acceptors (Lipinski definition) is 5. The molecule has 0 saturated heterocycles. The van der Waals surface area contributed by atoms with Crippen LogP contribution in [-0.2, 0) is 0 Å². The van der Waals surface area contributed by atoms with Crippen LogP contribution in [0.15, 0.2) is 47.8 Å². The van der Waals surface area contributed by atoms with Crippen LogP contribution in [0.3, 0.4) is 0 Å². The molecule has 2 aromatic carbocycles. The van der Waals surface area contributed by atoms with E-state index < -0.39 is 0 Å². The van der Waals surface area contributed by atoms with Crippen molar-refractivity contribution in [2.45, 2.75) is 19.3 Å². The SMILES string of the molecule is CCC(C#N)c1ccc(-c2c(O)ccc3nc(N)c4sccc4c23)cc1. The molecule has 0 bridgehead atoms. The normalized spacial score (nSPS) is 12.3. The van der Waals surface area contributed by atoms with Crippen LogP contribution in [0.1, 0.15) is 24.8 Å². The van der Waals surface area contributed by atoms with Crippen LogP contribution < -0.4 is 5.73 Å². The number of nitriles is 1. The smallest absolute Gasteiger partial charge is 0.142 e. The lowest BCUT2D eigenvalue weighted by molar-refractivity contribution is 0.478. The monoisotopic (exact) mass is 359 g/mol. The second-order valence-electron chi connectivity index (χ2n) is 6.23. The second-order valence-corrected chi connectivity index (χ2v) is 7.14. The Hall–Kier alpha value is -3.10. The van der Waals surface area contributed by atoms with Crippen molar-refractivity contribution in [2.24, 2.45) is 0 Å². The van der Waals surface area contributed by atoms with Gasteiger partial charge in [0.1, 0.15) is 11.6 Å². The van der Waals surface area contributed by atoms with Crippen LogP contribution in [-0.4, -0.2) is 10.1 Å². The minimum absolute atomic E-state index is 0.116. The van der Waals surface area contributed by atoms with Crippen molar-refractivity contribution < 1.29 is 5.11 Å². The highest BCUT2D eigenvalue weighted by molar-refractivity contribution is 7.18. The van der Waals surface area contributed by atoms with Crippen molar-refractivity contribution in [3.8, 4) is 22.9 Å². The third-order valence-electron chi connectivity index (χ3n) is 4.74. The highest BCUT2D eigenvalue weighted by atomic mass is 32.1. The summed E-state index contributed by atoms with van der Waals surface area (Å²) >= 11 is 1.55. The summed E-state index contributed by atoms with van der Waals surface area (Å²) < 4.78 is 0.927. The van der Waals surface area contributed by atoms with Gasteiger partial charge in [-0.3, -0.25) is 0 Å². The summed E-state index contributed by atoms with van der Waals surface area (Å²) in [6.45, 7) is 2.00. The summed E-state index contributed by atoms with van der Waals surface area (Å²) in [4.78, 5) is 4.51. The van der Waals surface area contributed by atoms with Gasteiger partial charge in [0.05, 0.1) is 22.2 Å². The molecule has 3 N–H and O–H groups in total. The first kappa shape index (κ1) is 16.4. The van der Waals surface area contributed by atoms with Crippen LogP contribution in [0.2, 0.25) is 0 Å². The molecule has 2 aromatic heterocycles. The number of hydrogen-bond donors (Lipinski definition) is 2. The van der Waals surface area contributed by atoms with Crippen molar-refractivity contribution in [1.29, 1.82) is 5.26 Å².